The van der Waals surface area contributed by atoms with E-state index in [1.165, 1.54) is 21.3 Å². The zero-order valence-corrected chi connectivity index (χ0v) is 29.9. The van der Waals surface area contributed by atoms with Crippen LogP contribution in [0.5, 0.6) is 23.0 Å². The summed E-state index contributed by atoms with van der Waals surface area (Å²) in [7, 11) is 4.51. The number of aliphatic carboxylic acids is 1. The third-order valence-corrected chi connectivity index (χ3v) is 9.66. The van der Waals surface area contributed by atoms with Gasteiger partial charge in [0.05, 0.1) is 34.5 Å². The predicted molar refractivity (Wildman–Crippen MR) is 187 cm³/mol. The Bertz CT molecular complexity index is 1590. The van der Waals surface area contributed by atoms with Crippen molar-refractivity contribution in [1.29, 1.82) is 0 Å². The minimum Gasteiger partial charge on any atom is -0.493 e. The van der Waals surface area contributed by atoms with Gasteiger partial charge in [-0.2, -0.15) is 0 Å². The third-order valence-electron chi connectivity index (χ3n) is 8.41. The number of amides is 1. The molecule has 0 saturated carbocycles. The van der Waals surface area contributed by atoms with Crippen LogP contribution in [0, 0.1) is 0 Å². The number of methoxy groups -OCH3 is 3. The minimum atomic E-state index is -1.12. The van der Waals surface area contributed by atoms with Crippen molar-refractivity contribution in [3.8, 4) is 23.0 Å². The molecule has 4 rings (SSSR count). The van der Waals surface area contributed by atoms with Crippen molar-refractivity contribution in [1.82, 2.24) is 4.90 Å². The first-order chi connectivity index (χ1) is 23.6. The number of likely N-dealkylation sites (tertiary alicyclic amines) is 1. The quantitative estimate of drug-likeness (QED) is 0.103. The molecule has 12 nitrogen and oxygen atoms in total. The molecule has 0 bridgehead atoms. The van der Waals surface area contributed by atoms with Gasteiger partial charge in [-0.3, -0.25) is 4.79 Å². The van der Waals surface area contributed by atoms with Crippen LogP contribution in [0.2, 0.25) is 0 Å². The van der Waals surface area contributed by atoms with Gasteiger partial charge in [-0.15, -0.1) is 0 Å². The number of aryl methyl sites for hydroxylation is 1. The number of piperidine rings is 1. The summed E-state index contributed by atoms with van der Waals surface area (Å²) in [5.41, 5.74) is 3.33. The van der Waals surface area contributed by atoms with Gasteiger partial charge in [-0.1, -0.05) is 52.9 Å². The number of alkyl halides is 1. The predicted octanol–water partition coefficient (Wildman–Crippen LogP) is 4.93. The molecule has 1 fully saturated rings. The van der Waals surface area contributed by atoms with Crippen LogP contribution in [-0.2, 0) is 38.8 Å². The molecule has 1 aliphatic heterocycles. The van der Waals surface area contributed by atoms with E-state index in [-0.39, 0.29) is 19.1 Å². The van der Waals surface area contributed by atoms with E-state index in [1.807, 2.05) is 12.1 Å². The molecule has 0 radical (unpaired) electrons. The summed E-state index contributed by atoms with van der Waals surface area (Å²) in [4.78, 5) is 40.7. The summed E-state index contributed by atoms with van der Waals surface area (Å²) in [5, 5.41) is 28.5. The van der Waals surface area contributed by atoms with Gasteiger partial charge in [0.2, 0.25) is 11.7 Å². The Morgan fingerprint density at radius 3 is 2.24 bits per heavy atom. The fraction of sp³-hybridized carbons (Fsp3) is 0.417. The number of nitrogens with zero attached hydrogens (tertiary/aromatic N) is 1. The van der Waals surface area contributed by atoms with E-state index in [0.717, 1.165) is 18.4 Å². The number of carboxylic acids is 1. The Labute approximate surface area is 299 Å². The lowest BCUT2D eigenvalue weighted by molar-refractivity contribution is -0.162. The first kappa shape index (κ1) is 37.7. The number of carbonyl (C=O) groups excluding carboxylic acids is 2. The number of esters is 1. The highest BCUT2D eigenvalue weighted by Gasteiger charge is 2.38. The average molecular weight is 792 g/mol. The van der Waals surface area contributed by atoms with E-state index in [2.05, 4.69) is 22.6 Å². The molecule has 264 valence electrons. The summed E-state index contributed by atoms with van der Waals surface area (Å²) in [6, 6.07) is 14.8. The van der Waals surface area contributed by atoms with Crippen LogP contribution in [0.4, 0.5) is 0 Å². The zero-order chi connectivity index (χ0) is 35.5. The number of aliphatic hydroxyl groups excluding tert-OH is 2. The topological polar surface area (TPSA) is 161 Å². The highest BCUT2D eigenvalue weighted by Crippen LogP contribution is 2.42. The number of benzene rings is 3. The van der Waals surface area contributed by atoms with Crippen LogP contribution >= 0.6 is 22.6 Å². The average Bonchev–Trinajstić information content (AvgIpc) is 3.14. The maximum atomic E-state index is 14.0. The van der Waals surface area contributed by atoms with Gasteiger partial charge in [-0.25, -0.2) is 9.59 Å². The molecular weight excluding hydrogens is 749 g/mol. The number of hydrogen-bond acceptors (Lipinski definition) is 10. The second-order valence-corrected chi connectivity index (χ2v) is 12.7. The van der Waals surface area contributed by atoms with Gasteiger partial charge in [0.15, 0.2) is 18.1 Å². The van der Waals surface area contributed by atoms with Crippen molar-refractivity contribution in [3.63, 3.8) is 0 Å². The molecular formula is C36H42INO11. The Kier molecular flexibility index (Phi) is 13.9. The van der Waals surface area contributed by atoms with Crippen LogP contribution in [0.1, 0.15) is 63.5 Å². The Hall–Kier alpha value is -4.08. The number of rotatable bonds is 16. The molecule has 0 aromatic heterocycles. The number of carbonyl (C=O) groups is 3. The van der Waals surface area contributed by atoms with Crippen LogP contribution in [0.25, 0.3) is 0 Å². The van der Waals surface area contributed by atoms with Crippen LogP contribution in [0.15, 0.2) is 54.6 Å². The van der Waals surface area contributed by atoms with Crippen molar-refractivity contribution >= 4 is 40.4 Å². The van der Waals surface area contributed by atoms with Crippen molar-refractivity contribution in [2.45, 2.75) is 61.4 Å². The van der Waals surface area contributed by atoms with Crippen molar-refractivity contribution in [3.05, 3.63) is 82.4 Å². The van der Waals surface area contributed by atoms with E-state index in [9.17, 15) is 24.6 Å². The molecule has 3 atom stereocenters. The molecule has 1 heterocycles. The normalized spacial score (nSPS) is 15.6. The van der Waals surface area contributed by atoms with Crippen LogP contribution in [0.3, 0.4) is 0 Å². The molecule has 1 saturated heterocycles. The number of aliphatic hydroxyl groups is 2. The molecule has 1 aliphatic rings. The molecule has 3 aromatic carbocycles. The number of ether oxygens (including phenoxy) is 5. The second kappa shape index (κ2) is 18.1. The highest BCUT2D eigenvalue weighted by molar-refractivity contribution is 14.1. The Balaban J connectivity index is 1.59. The number of hydrogen-bond donors (Lipinski definition) is 3. The Morgan fingerprint density at radius 2 is 1.61 bits per heavy atom. The molecule has 1 amide bonds. The monoisotopic (exact) mass is 791 g/mol. The van der Waals surface area contributed by atoms with E-state index in [4.69, 9.17) is 28.8 Å². The highest BCUT2D eigenvalue weighted by atomic mass is 127. The second-order valence-electron chi connectivity index (χ2n) is 11.5. The van der Waals surface area contributed by atoms with E-state index >= 15 is 0 Å². The maximum absolute atomic E-state index is 14.0. The first-order valence-electron chi connectivity index (χ1n) is 15.9. The molecule has 0 spiro atoms. The molecule has 13 heteroatoms. The minimum absolute atomic E-state index is 0.201. The van der Waals surface area contributed by atoms with Gasteiger partial charge in [0, 0.05) is 6.54 Å². The van der Waals surface area contributed by atoms with Crippen molar-refractivity contribution in [2.24, 2.45) is 0 Å². The van der Waals surface area contributed by atoms with Gasteiger partial charge < -0.3 is 43.9 Å². The standard InChI is InChI=1S/C36H42INO11/c1-45-30-17-25(18-31(46-2)34(30)47-3)33(37)35(43)38-14-5-4-9-28(38)36(44)49-29(23-7-6-8-27(16-23)48-21-32(41)42)13-11-22-10-12-24(19-39)26(15-22)20-40/h6-8,10,12,15-18,28-29,33,39-40H,4-5,9,11,13-14,19-21H2,1-3H3,(H,41,42)/t28-,29+,33-/m0/s1. The Morgan fingerprint density at radius 1 is 0.898 bits per heavy atom. The summed E-state index contributed by atoms with van der Waals surface area (Å²) in [5.74, 6) is -0.381. The third kappa shape index (κ3) is 9.55. The lowest BCUT2D eigenvalue weighted by Gasteiger charge is -2.36. The summed E-state index contributed by atoms with van der Waals surface area (Å²) >= 11 is 2.06. The van der Waals surface area contributed by atoms with E-state index in [1.54, 1.807) is 47.4 Å². The van der Waals surface area contributed by atoms with Crippen LogP contribution in [-0.4, -0.2) is 78.6 Å². The summed E-state index contributed by atoms with van der Waals surface area (Å²) in [6.45, 7) is -0.581. The summed E-state index contributed by atoms with van der Waals surface area (Å²) < 4.78 is 27.3. The van der Waals surface area contributed by atoms with E-state index < -0.39 is 34.6 Å². The molecule has 0 aliphatic carbocycles. The smallest absolute Gasteiger partial charge is 0.341 e. The van der Waals surface area contributed by atoms with Gasteiger partial charge in [-0.05, 0) is 84.2 Å². The lowest BCUT2D eigenvalue weighted by Crippen LogP contribution is -2.49. The molecule has 0 unspecified atom stereocenters. The summed E-state index contributed by atoms with van der Waals surface area (Å²) in [6.07, 6.45) is 1.95. The van der Waals surface area contributed by atoms with Crippen molar-refractivity contribution in [2.75, 3.05) is 34.5 Å². The number of halogens is 1. The van der Waals surface area contributed by atoms with Gasteiger partial charge in [0.25, 0.3) is 0 Å². The lowest BCUT2D eigenvalue weighted by atomic mass is 9.97. The SMILES string of the molecule is COc1cc([C@H](I)C(=O)N2CCCC[C@H]2C(=O)O[C@H](CCc2ccc(CO)c(CO)c2)c2cccc(OCC(=O)O)c2)cc(OC)c1OC. The van der Waals surface area contributed by atoms with Crippen molar-refractivity contribution < 1.29 is 53.4 Å². The first-order valence-corrected chi connectivity index (χ1v) is 17.1. The van der Waals surface area contributed by atoms with Crippen LogP contribution < -0.4 is 18.9 Å². The molecule has 49 heavy (non-hydrogen) atoms. The molecule has 3 aromatic rings. The zero-order valence-electron chi connectivity index (χ0n) is 27.7. The fourth-order valence-electron chi connectivity index (χ4n) is 5.87. The number of carboxylic acid groups (broad SMARTS) is 1. The largest absolute Gasteiger partial charge is 0.493 e. The van der Waals surface area contributed by atoms with Gasteiger partial charge >= 0.3 is 11.9 Å². The maximum Gasteiger partial charge on any atom is 0.341 e. The van der Waals surface area contributed by atoms with Gasteiger partial charge in [0.1, 0.15) is 21.8 Å². The van der Waals surface area contributed by atoms with E-state index in [0.29, 0.717) is 71.1 Å². The fourth-order valence-corrected chi connectivity index (χ4v) is 6.59. The molecule has 3 N–H and O–H groups in total.